The Morgan fingerprint density at radius 1 is 0.412 bits per heavy atom. The summed E-state index contributed by atoms with van der Waals surface area (Å²) in [6, 6.07) is 17.1. The predicted molar refractivity (Wildman–Crippen MR) is 488 cm³/mol. The fourth-order valence-electron chi connectivity index (χ4n) is 13.3. The molecule has 0 saturated heterocycles. The molecule has 0 aromatic carbocycles. The monoisotopic (exact) mass is 1880 g/mol. The summed E-state index contributed by atoms with van der Waals surface area (Å²) in [4.78, 5) is 138. The van der Waals surface area contributed by atoms with Gasteiger partial charge < -0.3 is 109 Å². The van der Waals surface area contributed by atoms with E-state index in [1.54, 1.807) is 172 Å². The van der Waals surface area contributed by atoms with Crippen LogP contribution in [0.5, 0.6) is 46.5 Å². The zero-order valence-corrected chi connectivity index (χ0v) is 79.2. The van der Waals surface area contributed by atoms with Gasteiger partial charge in [-0.2, -0.15) is 0 Å². The van der Waals surface area contributed by atoms with Crippen molar-refractivity contribution in [2.45, 2.75) is 185 Å². The molecular formula is C92H117N23O21. The van der Waals surface area contributed by atoms with Crippen LogP contribution in [-0.2, 0) is 116 Å². The lowest BCUT2D eigenvalue weighted by Gasteiger charge is -2.30. The number of aliphatic hydroxyl groups is 1. The molecule has 4 amide bonds. The second-order valence-corrected chi connectivity index (χ2v) is 33.4. The van der Waals surface area contributed by atoms with Gasteiger partial charge >= 0.3 is 30.2 Å². The molecule has 3 N–H and O–H groups in total. The fourth-order valence-corrected chi connectivity index (χ4v) is 13.3. The van der Waals surface area contributed by atoms with Crippen molar-refractivity contribution in [1.82, 2.24) is 112 Å². The molecule has 17 rings (SSSR count). The minimum Gasteiger partial charge on any atom is -0.495 e. The van der Waals surface area contributed by atoms with Crippen molar-refractivity contribution in [3.8, 4) is 46.5 Å². The summed E-state index contributed by atoms with van der Waals surface area (Å²) >= 11 is 0. The highest BCUT2D eigenvalue weighted by Crippen LogP contribution is 2.26. The predicted octanol–water partition coefficient (Wildman–Crippen LogP) is 9.74. The Kier molecular flexibility index (Phi) is 35.7. The number of nitrogens with zero attached hydrogens (tertiary/aromatic N) is 21. The Bertz CT molecular complexity index is 5890. The van der Waals surface area contributed by atoms with Gasteiger partial charge in [-0.15, -0.1) is 0 Å². The summed E-state index contributed by atoms with van der Waals surface area (Å²) in [5.74, 6) is 8.03. The zero-order chi connectivity index (χ0) is 97.6. The number of hydrogen-bond donors (Lipinski definition) is 3. The van der Waals surface area contributed by atoms with Crippen molar-refractivity contribution in [3.63, 3.8) is 0 Å². The number of carbonyl (C=O) groups excluding carboxylic acids is 6. The summed E-state index contributed by atoms with van der Waals surface area (Å²) < 4.78 is 79.7. The lowest BCUT2D eigenvalue weighted by atomic mass is 10.2. The van der Waals surface area contributed by atoms with Crippen LogP contribution < -0.4 is 48.8 Å². The summed E-state index contributed by atoms with van der Waals surface area (Å²) in [6.07, 6.45) is 22.9. The highest BCUT2D eigenvalue weighted by Gasteiger charge is 2.32. The number of hydrogen-bond acceptors (Lipinski definition) is 33. The Morgan fingerprint density at radius 2 is 0.809 bits per heavy atom. The van der Waals surface area contributed by atoms with Gasteiger partial charge in [-0.25, -0.2) is 73.8 Å². The van der Waals surface area contributed by atoms with Crippen LogP contribution >= 0.6 is 0 Å². The van der Waals surface area contributed by atoms with E-state index in [9.17, 15) is 33.6 Å². The van der Waals surface area contributed by atoms with Crippen LogP contribution in [0.1, 0.15) is 159 Å². The number of carbonyl (C=O) groups is 6. The molecule has 12 aromatic rings. The van der Waals surface area contributed by atoms with Crippen LogP contribution in [0.25, 0.3) is 5.65 Å². The number of rotatable bonds is 20. The summed E-state index contributed by atoms with van der Waals surface area (Å²) in [5.41, 5.74) is 3.26. The van der Waals surface area contributed by atoms with Crippen LogP contribution in [0.15, 0.2) is 152 Å². The first-order valence-electron chi connectivity index (χ1n) is 43.7. The smallest absolute Gasteiger partial charge is 0.410 e. The van der Waals surface area contributed by atoms with E-state index >= 15 is 0 Å². The molecule has 726 valence electrons. The molecule has 0 spiro atoms. The number of ether oxygens (including phenoxy) is 13. The van der Waals surface area contributed by atoms with Crippen molar-refractivity contribution in [1.29, 1.82) is 0 Å². The number of methoxy groups -OCH3 is 5. The molecule has 0 saturated carbocycles. The SMILES string of the molecule is CC(C)(C)OC(=O)N1CCn2cc(CO)nc2C1.CCOC(=O)c1cn2c(n1)CN(C(=O)OC(C)(C)C)CC2.CCOC(=O)c1cn2ccncc2n1.COc1ccc(=O)[nH]c1.COc1ccc(OCc2cn3c(n2)CN(C(=O)OC(C)(C)C)CC3)nc1.COc1ccc(OCc2cn3c(n2)CN(C(=O)c2ccc(OC)nc2)CC3)nc1.COc1ccc(OCc2cn3c(n2)CNCC3)nc1. The molecule has 0 atom stereocenters. The van der Waals surface area contributed by atoms with E-state index < -0.39 is 28.7 Å². The molecule has 0 aliphatic carbocycles. The Hall–Kier alpha value is -15.2. The number of amides is 4. The number of aromatic amines is 1. The van der Waals surface area contributed by atoms with E-state index in [-0.39, 0.29) is 42.0 Å². The largest absolute Gasteiger partial charge is 0.495 e. The van der Waals surface area contributed by atoms with Crippen LogP contribution in [-0.4, -0.2) is 246 Å². The quantitative estimate of drug-likeness (QED) is 0.0472. The average molecular weight is 1880 g/mol. The summed E-state index contributed by atoms with van der Waals surface area (Å²) in [5, 5.41) is 12.3. The van der Waals surface area contributed by atoms with E-state index in [0.717, 1.165) is 65.8 Å². The molecule has 44 nitrogen and oxygen atoms in total. The molecule has 5 aliphatic rings. The third-order valence-electron chi connectivity index (χ3n) is 19.8. The molecule has 136 heavy (non-hydrogen) atoms. The highest BCUT2D eigenvalue weighted by atomic mass is 16.6. The maximum absolute atomic E-state index is 12.7. The van der Waals surface area contributed by atoms with Crippen molar-refractivity contribution < 1.29 is 95.5 Å². The first-order chi connectivity index (χ1) is 65.2. The number of fused-ring (bicyclic) bond motifs is 6. The molecule has 0 unspecified atom stereocenters. The molecule has 0 radical (unpaired) electrons. The number of aliphatic hydroxyl groups excluding tert-OH is 1. The van der Waals surface area contributed by atoms with E-state index in [1.807, 2.05) is 107 Å². The van der Waals surface area contributed by atoms with Gasteiger partial charge in [0.25, 0.3) is 5.91 Å². The number of esters is 2. The lowest BCUT2D eigenvalue weighted by molar-refractivity contribution is 0.0185. The molecule has 44 heteroatoms. The van der Waals surface area contributed by atoms with Crippen molar-refractivity contribution in [3.05, 3.63) is 227 Å². The standard InChI is InChI=1S/C20H21N5O4.C18H24N4O4.C14H21N3O4.C13H16N4O2.C12H19N3O3.C9H9N3O2.C6H7NO2/c1-27-16-4-6-19(22-10-16)29-13-15-11-24-7-8-25(12-17(24)23-15)20(26)14-3-5-18(28-2)21-9-14;1-18(2,3)26-17(23)22-8-7-21-10-13(20-15(21)11-22)12-25-16-6-5-14(24-4)9-19-16;1-5-20-12(18)10-8-16-6-7-17(9-11(16)15-10)13(19)21-14(2,3)4;1-18-11-2-3-13(15-6-11)19-9-10-8-17-5-4-14-7-12(17)16-10;1-12(2,3)18-11(17)15-5-4-14-6-9(8-16)13-10(14)7-15;1-2-14-9(13)7-6-12-4-3-10-5-8(12)11-7;1-9-5-2-3-6(8)7-4-5/h3-6,9-11H,7-8,12-13H2,1-2H3;5-6,9-10H,7-8,11-12H2,1-4H3;8H,5-7,9H2,1-4H3;2-3,6,8,14H,4-5,7,9H2,1H3;6,16H,4-5,7-8H2,1-3H3;3-6H,2H2,1H3;2-4H,1H3,(H,7,8). The summed E-state index contributed by atoms with van der Waals surface area (Å²) in [7, 11) is 7.88. The van der Waals surface area contributed by atoms with Crippen LogP contribution in [0, 0.1) is 0 Å². The molecule has 0 bridgehead atoms. The van der Waals surface area contributed by atoms with Crippen molar-refractivity contribution in [2.24, 2.45) is 0 Å². The molecule has 5 aliphatic heterocycles. The van der Waals surface area contributed by atoms with Gasteiger partial charge in [0, 0.05) is 158 Å². The molecule has 0 fully saturated rings. The van der Waals surface area contributed by atoms with Crippen molar-refractivity contribution >= 4 is 41.8 Å². The number of aromatic nitrogens is 18. The van der Waals surface area contributed by atoms with Gasteiger partial charge in [0.15, 0.2) is 17.0 Å². The van der Waals surface area contributed by atoms with E-state index in [2.05, 4.69) is 74.3 Å². The Morgan fingerprint density at radius 3 is 1.20 bits per heavy atom. The van der Waals surface area contributed by atoms with Gasteiger partial charge in [-0.1, -0.05) is 0 Å². The van der Waals surface area contributed by atoms with Crippen LogP contribution in [0.4, 0.5) is 14.4 Å². The van der Waals surface area contributed by atoms with Gasteiger partial charge in [0.1, 0.15) is 88.7 Å². The number of H-pyrrole nitrogens is 1. The van der Waals surface area contributed by atoms with E-state index in [1.165, 1.54) is 18.5 Å². The van der Waals surface area contributed by atoms with E-state index in [4.69, 9.17) is 66.7 Å². The highest BCUT2D eigenvalue weighted by molar-refractivity contribution is 5.94. The van der Waals surface area contributed by atoms with Crippen LogP contribution in [0.2, 0.25) is 0 Å². The Labute approximate surface area is 785 Å². The normalized spacial score (nSPS) is 13.3. The van der Waals surface area contributed by atoms with E-state index in [0.29, 0.717) is 181 Å². The second kappa shape index (κ2) is 47.9. The lowest BCUT2D eigenvalue weighted by Crippen LogP contribution is -2.41. The number of pyridine rings is 5. The number of nitrogens with one attached hydrogen (secondary N) is 2. The minimum absolute atomic E-state index is 0.0744. The fraction of sp³-hybridized carbons (Fsp3) is 0.435. The first kappa shape index (κ1) is 101. The van der Waals surface area contributed by atoms with Gasteiger partial charge in [0.2, 0.25) is 29.1 Å². The molecular weight excluding hydrogens is 1760 g/mol. The van der Waals surface area contributed by atoms with Gasteiger partial charge in [0.05, 0.1) is 141 Å². The zero-order valence-electron chi connectivity index (χ0n) is 79.2. The third-order valence-corrected chi connectivity index (χ3v) is 19.8. The Balaban J connectivity index is 0.000000156. The molecule has 12 aromatic heterocycles. The first-order valence-corrected chi connectivity index (χ1v) is 43.7. The van der Waals surface area contributed by atoms with Gasteiger partial charge in [-0.05, 0) is 106 Å². The number of imidazole rings is 6. The second-order valence-electron chi connectivity index (χ2n) is 33.4. The summed E-state index contributed by atoms with van der Waals surface area (Å²) in [6.45, 7) is 31.1. The maximum Gasteiger partial charge on any atom is 0.410 e. The minimum atomic E-state index is -0.528. The topological polar surface area (TPSA) is 471 Å². The third kappa shape index (κ3) is 30.4. The molecule has 17 heterocycles. The van der Waals surface area contributed by atoms with Crippen molar-refractivity contribution in [2.75, 3.05) is 81.5 Å². The maximum atomic E-state index is 12.7. The average Bonchev–Trinajstić information content (AvgIpc) is 1.66. The van der Waals surface area contributed by atoms with Crippen LogP contribution in [0.3, 0.4) is 0 Å². The van der Waals surface area contributed by atoms with Gasteiger partial charge in [-0.3, -0.25) is 29.3 Å².